The quantitative estimate of drug-likeness (QED) is 0.385. The maximum absolute atomic E-state index is 11.9. The molecule has 0 aliphatic heterocycles. The maximum Gasteiger partial charge on any atom is 0.338 e. The SMILES string of the molecule is CCCCOC(=O)c1cccc(OCC(=O)NCCOCCC(=O)OC(C)(C)C)c1. The first-order chi connectivity index (χ1) is 14.2. The molecule has 8 nitrogen and oxygen atoms in total. The number of unbranched alkanes of at least 4 members (excludes halogenated alkanes) is 1. The highest BCUT2D eigenvalue weighted by Gasteiger charge is 2.15. The molecule has 8 heteroatoms. The van der Waals surface area contributed by atoms with E-state index in [9.17, 15) is 14.4 Å². The predicted octanol–water partition coefficient (Wildman–Crippen LogP) is 2.89. The maximum atomic E-state index is 11.9. The first-order valence-electron chi connectivity index (χ1n) is 10.2. The zero-order chi connectivity index (χ0) is 22.4. The van der Waals surface area contributed by atoms with Gasteiger partial charge in [-0.05, 0) is 45.4 Å². The number of hydrogen-bond acceptors (Lipinski definition) is 7. The lowest BCUT2D eigenvalue weighted by Gasteiger charge is -2.19. The van der Waals surface area contributed by atoms with Crippen LogP contribution in [0.3, 0.4) is 0 Å². The molecule has 0 radical (unpaired) electrons. The van der Waals surface area contributed by atoms with Crippen molar-refractivity contribution in [3.63, 3.8) is 0 Å². The second kappa shape index (κ2) is 13.6. The third kappa shape index (κ3) is 12.1. The average molecular weight is 424 g/mol. The summed E-state index contributed by atoms with van der Waals surface area (Å²) in [6.45, 7) is 8.41. The van der Waals surface area contributed by atoms with Crippen LogP contribution < -0.4 is 10.1 Å². The van der Waals surface area contributed by atoms with E-state index in [-0.39, 0.29) is 38.1 Å². The molecule has 0 saturated carbocycles. The zero-order valence-corrected chi connectivity index (χ0v) is 18.3. The van der Waals surface area contributed by atoms with Gasteiger partial charge in [0, 0.05) is 6.54 Å². The Hall–Kier alpha value is -2.61. The highest BCUT2D eigenvalue weighted by Crippen LogP contribution is 2.14. The Labute approximate surface area is 178 Å². The summed E-state index contributed by atoms with van der Waals surface area (Å²) in [5.41, 5.74) is -0.137. The number of carbonyl (C=O) groups excluding carboxylic acids is 3. The molecule has 30 heavy (non-hydrogen) atoms. The fraction of sp³-hybridized carbons (Fsp3) is 0.591. The van der Waals surface area contributed by atoms with Crippen molar-refractivity contribution in [1.29, 1.82) is 0 Å². The Morgan fingerprint density at radius 2 is 1.83 bits per heavy atom. The van der Waals surface area contributed by atoms with Gasteiger partial charge in [-0.15, -0.1) is 0 Å². The third-order valence-electron chi connectivity index (χ3n) is 3.61. The van der Waals surface area contributed by atoms with E-state index in [0.717, 1.165) is 12.8 Å². The molecule has 0 saturated heterocycles. The molecule has 168 valence electrons. The van der Waals surface area contributed by atoms with Gasteiger partial charge in [-0.1, -0.05) is 19.4 Å². The lowest BCUT2D eigenvalue weighted by Crippen LogP contribution is -2.32. The number of amides is 1. The van der Waals surface area contributed by atoms with E-state index in [1.165, 1.54) is 0 Å². The summed E-state index contributed by atoms with van der Waals surface area (Å²) in [6.07, 6.45) is 1.92. The van der Waals surface area contributed by atoms with E-state index >= 15 is 0 Å². The molecule has 0 aliphatic rings. The molecule has 0 heterocycles. The monoisotopic (exact) mass is 423 g/mol. The number of hydrogen-bond donors (Lipinski definition) is 1. The molecule has 1 aromatic carbocycles. The second-order valence-corrected chi connectivity index (χ2v) is 7.60. The van der Waals surface area contributed by atoms with Gasteiger partial charge in [0.25, 0.3) is 5.91 Å². The van der Waals surface area contributed by atoms with Crippen molar-refractivity contribution in [3.05, 3.63) is 29.8 Å². The van der Waals surface area contributed by atoms with Gasteiger partial charge >= 0.3 is 11.9 Å². The summed E-state index contributed by atoms with van der Waals surface area (Å²) in [6, 6.07) is 6.51. The topological polar surface area (TPSA) is 100 Å². The Morgan fingerprint density at radius 3 is 2.53 bits per heavy atom. The van der Waals surface area contributed by atoms with Crippen molar-refractivity contribution >= 4 is 17.8 Å². The van der Waals surface area contributed by atoms with Crippen LogP contribution in [-0.4, -0.2) is 56.4 Å². The molecule has 1 aromatic rings. The van der Waals surface area contributed by atoms with Crippen LogP contribution in [0.1, 0.15) is 57.3 Å². The highest BCUT2D eigenvalue weighted by molar-refractivity contribution is 5.89. The molecule has 0 unspecified atom stereocenters. The van der Waals surface area contributed by atoms with Crippen molar-refractivity contribution in [2.24, 2.45) is 0 Å². The second-order valence-electron chi connectivity index (χ2n) is 7.60. The Morgan fingerprint density at radius 1 is 1.07 bits per heavy atom. The van der Waals surface area contributed by atoms with Gasteiger partial charge in [0.1, 0.15) is 11.4 Å². The van der Waals surface area contributed by atoms with Gasteiger partial charge in [-0.3, -0.25) is 9.59 Å². The first kappa shape index (κ1) is 25.4. The van der Waals surface area contributed by atoms with Gasteiger partial charge in [-0.2, -0.15) is 0 Å². The van der Waals surface area contributed by atoms with Crippen molar-refractivity contribution in [2.45, 2.75) is 52.6 Å². The first-order valence-corrected chi connectivity index (χ1v) is 10.2. The van der Waals surface area contributed by atoms with Crippen LogP contribution in [0.2, 0.25) is 0 Å². The smallest absolute Gasteiger partial charge is 0.338 e. The lowest BCUT2D eigenvalue weighted by atomic mass is 10.2. The number of benzene rings is 1. The van der Waals surface area contributed by atoms with E-state index in [1.54, 1.807) is 45.0 Å². The Balaban J connectivity index is 2.20. The van der Waals surface area contributed by atoms with Crippen LogP contribution >= 0.6 is 0 Å². The fourth-order valence-corrected chi connectivity index (χ4v) is 2.22. The minimum absolute atomic E-state index is 0.158. The van der Waals surface area contributed by atoms with Gasteiger partial charge < -0.3 is 24.3 Å². The van der Waals surface area contributed by atoms with E-state index in [0.29, 0.717) is 24.5 Å². The van der Waals surface area contributed by atoms with E-state index in [2.05, 4.69) is 5.32 Å². The minimum Gasteiger partial charge on any atom is -0.484 e. The highest BCUT2D eigenvalue weighted by atomic mass is 16.6. The summed E-state index contributed by atoms with van der Waals surface area (Å²) in [7, 11) is 0. The van der Waals surface area contributed by atoms with Gasteiger partial charge in [-0.25, -0.2) is 4.79 Å². The molecule has 0 aromatic heterocycles. The molecular formula is C22H33NO7. The molecular weight excluding hydrogens is 390 g/mol. The molecule has 0 atom stereocenters. The summed E-state index contributed by atoms with van der Waals surface area (Å²) < 4.78 is 21.1. The number of carbonyl (C=O) groups is 3. The summed E-state index contributed by atoms with van der Waals surface area (Å²) in [4.78, 5) is 35.3. The number of nitrogens with one attached hydrogen (secondary N) is 1. The molecule has 0 bridgehead atoms. The van der Waals surface area contributed by atoms with E-state index < -0.39 is 11.6 Å². The number of ether oxygens (including phenoxy) is 4. The molecule has 0 fully saturated rings. The van der Waals surface area contributed by atoms with Crippen molar-refractivity contribution in [1.82, 2.24) is 5.32 Å². The summed E-state index contributed by atoms with van der Waals surface area (Å²) >= 11 is 0. The van der Waals surface area contributed by atoms with Crippen LogP contribution in [-0.2, 0) is 23.8 Å². The Kier molecular flexibility index (Phi) is 11.5. The normalized spacial score (nSPS) is 10.9. The fourth-order valence-electron chi connectivity index (χ4n) is 2.22. The molecule has 0 aliphatic carbocycles. The average Bonchev–Trinajstić information content (AvgIpc) is 2.68. The third-order valence-corrected chi connectivity index (χ3v) is 3.61. The largest absolute Gasteiger partial charge is 0.484 e. The lowest BCUT2D eigenvalue weighted by molar-refractivity contribution is -0.156. The number of esters is 2. The molecule has 1 rings (SSSR count). The van der Waals surface area contributed by atoms with E-state index in [1.807, 2.05) is 6.92 Å². The van der Waals surface area contributed by atoms with Crippen LogP contribution in [0, 0.1) is 0 Å². The molecule has 1 N–H and O–H groups in total. The summed E-state index contributed by atoms with van der Waals surface area (Å²) in [5.74, 6) is -0.649. The van der Waals surface area contributed by atoms with Crippen LogP contribution in [0.4, 0.5) is 0 Å². The van der Waals surface area contributed by atoms with Crippen molar-refractivity contribution in [2.75, 3.05) is 33.0 Å². The molecule has 0 spiro atoms. The molecule has 1 amide bonds. The minimum atomic E-state index is -0.514. The predicted molar refractivity (Wildman–Crippen MR) is 111 cm³/mol. The van der Waals surface area contributed by atoms with Gasteiger partial charge in [0.15, 0.2) is 6.61 Å². The summed E-state index contributed by atoms with van der Waals surface area (Å²) in [5, 5.41) is 2.65. The number of rotatable bonds is 13. The van der Waals surface area contributed by atoms with Gasteiger partial charge in [0.2, 0.25) is 0 Å². The van der Waals surface area contributed by atoms with Crippen molar-refractivity contribution < 1.29 is 33.3 Å². The van der Waals surface area contributed by atoms with Crippen LogP contribution in [0.5, 0.6) is 5.75 Å². The van der Waals surface area contributed by atoms with Gasteiger partial charge in [0.05, 0.1) is 31.8 Å². The van der Waals surface area contributed by atoms with Crippen molar-refractivity contribution in [3.8, 4) is 5.75 Å². The van der Waals surface area contributed by atoms with E-state index in [4.69, 9.17) is 18.9 Å². The Bertz CT molecular complexity index is 682. The van der Waals surface area contributed by atoms with Crippen LogP contribution in [0.25, 0.3) is 0 Å². The van der Waals surface area contributed by atoms with Crippen LogP contribution in [0.15, 0.2) is 24.3 Å². The standard InChI is InChI=1S/C22H33NO7/c1-5-6-12-28-21(26)17-8-7-9-18(15-17)29-16-19(24)23-11-14-27-13-10-20(25)30-22(2,3)4/h7-9,15H,5-6,10-14,16H2,1-4H3,(H,23,24). The zero-order valence-electron chi connectivity index (χ0n) is 18.3.